The Bertz CT molecular complexity index is 440. The molecule has 2 N–H and O–H groups in total. The number of carbonyl (C=O) groups is 2. The number of nitro groups is 1. The lowest BCUT2D eigenvalue weighted by Crippen LogP contribution is -2.26. The maximum absolute atomic E-state index is 11.4. The number of methoxy groups -OCH3 is 1. The largest absolute Gasteiger partial charge is 0.469 e. The SMILES string of the molecule is COC(=O)CCNC(=O)c1ccc([N+](=O)[O-])[nH]1. The molecule has 8 heteroatoms. The predicted molar refractivity (Wildman–Crippen MR) is 56.4 cm³/mol. The van der Waals surface area contributed by atoms with Crippen LogP contribution in [0.1, 0.15) is 16.9 Å². The van der Waals surface area contributed by atoms with Gasteiger partial charge in [0.1, 0.15) is 0 Å². The molecule has 0 aliphatic carbocycles. The van der Waals surface area contributed by atoms with Gasteiger partial charge in [0, 0.05) is 12.6 Å². The first-order chi connectivity index (χ1) is 8.04. The van der Waals surface area contributed by atoms with Crippen molar-refractivity contribution in [3.05, 3.63) is 27.9 Å². The Kier molecular flexibility index (Phi) is 4.21. The Labute approximate surface area is 96.1 Å². The van der Waals surface area contributed by atoms with Gasteiger partial charge in [0.25, 0.3) is 5.91 Å². The van der Waals surface area contributed by atoms with Gasteiger partial charge < -0.3 is 20.2 Å². The predicted octanol–water partition coefficient (Wildman–Crippen LogP) is 0.216. The van der Waals surface area contributed by atoms with Crippen molar-refractivity contribution < 1.29 is 19.2 Å². The van der Waals surface area contributed by atoms with Gasteiger partial charge in [-0.3, -0.25) is 9.59 Å². The van der Waals surface area contributed by atoms with E-state index in [2.05, 4.69) is 15.0 Å². The van der Waals surface area contributed by atoms with E-state index in [4.69, 9.17) is 0 Å². The van der Waals surface area contributed by atoms with Gasteiger partial charge in [0.15, 0.2) is 5.69 Å². The number of hydrogen-bond donors (Lipinski definition) is 2. The van der Waals surface area contributed by atoms with E-state index in [9.17, 15) is 19.7 Å². The minimum absolute atomic E-state index is 0.0467. The zero-order valence-corrected chi connectivity index (χ0v) is 9.06. The van der Waals surface area contributed by atoms with Crippen molar-refractivity contribution in [1.29, 1.82) is 0 Å². The molecule has 1 heterocycles. The molecule has 0 aliphatic rings. The molecule has 17 heavy (non-hydrogen) atoms. The maximum Gasteiger partial charge on any atom is 0.321 e. The summed E-state index contributed by atoms with van der Waals surface area (Å²) < 4.78 is 4.39. The van der Waals surface area contributed by atoms with Crippen LogP contribution in [-0.4, -0.2) is 35.4 Å². The number of hydrogen-bond acceptors (Lipinski definition) is 5. The van der Waals surface area contributed by atoms with E-state index in [1.165, 1.54) is 19.2 Å². The van der Waals surface area contributed by atoms with Crippen LogP contribution in [0.15, 0.2) is 12.1 Å². The lowest BCUT2D eigenvalue weighted by molar-refractivity contribution is -0.389. The molecule has 0 fully saturated rings. The quantitative estimate of drug-likeness (QED) is 0.434. The van der Waals surface area contributed by atoms with Crippen LogP contribution in [0.25, 0.3) is 0 Å². The number of carbonyl (C=O) groups excluding carboxylic acids is 2. The van der Waals surface area contributed by atoms with Crippen LogP contribution in [0.2, 0.25) is 0 Å². The van der Waals surface area contributed by atoms with Crippen LogP contribution in [0.3, 0.4) is 0 Å². The molecule has 92 valence electrons. The van der Waals surface area contributed by atoms with Gasteiger partial charge >= 0.3 is 11.8 Å². The van der Waals surface area contributed by atoms with E-state index in [0.717, 1.165) is 0 Å². The van der Waals surface area contributed by atoms with E-state index in [1.807, 2.05) is 0 Å². The van der Waals surface area contributed by atoms with Crippen molar-refractivity contribution >= 4 is 17.7 Å². The monoisotopic (exact) mass is 241 g/mol. The molecule has 1 aromatic rings. The van der Waals surface area contributed by atoms with Crippen LogP contribution in [0.5, 0.6) is 0 Å². The topological polar surface area (TPSA) is 114 Å². The zero-order chi connectivity index (χ0) is 12.8. The normalized spacial score (nSPS) is 9.71. The van der Waals surface area contributed by atoms with Crippen LogP contribution >= 0.6 is 0 Å². The van der Waals surface area contributed by atoms with Crippen molar-refractivity contribution in [1.82, 2.24) is 10.3 Å². The first-order valence-electron chi connectivity index (χ1n) is 4.73. The third kappa shape index (κ3) is 3.59. The van der Waals surface area contributed by atoms with Gasteiger partial charge in [-0.1, -0.05) is 0 Å². The highest BCUT2D eigenvalue weighted by Gasteiger charge is 2.15. The smallest absolute Gasteiger partial charge is 0.321 e. The number of aromatic nitrogens is 1. The van der Waals surface area contributed by atoms with Gasteiger partial charge in [-0.25, -0.2) is 4.98 Å². The summed E-state index contributed by atoms with van der Waals surface area (Å²) in [5.41, 5.74) is 0.0709. The zero-order valence-electron chi connectivity index (χ0n) is 9.06. The number of ether oxygens (including phenoxy) is 1. The molecule has 0 saturated heterocycles. The molecule has 0 aliphatic heterocycles. The average molecular weight is 241 g/mol. The molecule has 1 amide bonds. The minimum Gasteiger partial charge on any atom is -0.469 e. The van der Waals surface area contributed by atoms with E-state index in [0.29, 0.717) is 0 Å². The van der Waals surface area contributed by atoms with Gasteiger partial charge in [-0.2, -0.15) is 0 Å². The molecule has 0 bridgehead atoms. The second kappa shape index (κ2) is 5.64. The molecule has 0 aromatic carbocycles. The summed E-state index contributed by atoms with van der Waals surface area (Å²) in [4.78, 5) is 34.2. The van der Waals surface area contributed by atoms with Crippen molar-refractivity contribution in [3.63, 3.8) is 0 Å². The highest BCUT2D eigenvalue weighted by Crippen LogP contribution is 2.09. The van der Waals surface area contributed by atoms with Crippen LogP contribution in [-0.2, 0) is 9.53 Å². The van der Waals surface area contributed by atoms with Crippen molar-refractivity contribution in [2.75, 3.05) is 13.7 Å². The summed E-state index contributed by atoms with van der Waals surface area (Å²) in [6.45, 7) is 0.109. The Morgan fingerprint density at radius 1 is 1.53 bits per heavy atom. The maximum atomic E-state index is 11.4. The molecule has 0 unspecified atom stereocenters. The lowest BCUT2D eigenvalue weighted by atomic mass is 10.4. The summed E-state index contributed by atoms with van der Waals surface area (Å²) in [7, 11) is 1.25. The number of aromatic amines is 1. The van der Waals surface area contributed by atoms with Gasteiger partial charge in [-0.05, 0) is 11.0 Å². The number of nitrogens with zero attached hydrogens (tertiary/aromatic N) is 1. The van der Waals surface area contributed by atoms with Crippen LogP contribution < -0.4 is 5.32 Å². The third-order valence-electron chi connectivity index (χ3n) is 1.95. The molecule has 0 spiro atoms. The number of amides is 1. The number of rotatable bonds is 5. The van der Waals surface area contributed by atoms with Gasteiger partial charge in [0.05, 0.1) is 13.5 Å². The summed E-state index contributed by atoms with van der Waals surface area (Å²) in [5, 5.41) is 12.8. The summed E-state index contributed by atoms with van der Waals surface area (Å²) in [6, 6.07) is 2.49. The Morgan fingerprint density at radius 3 is 2.76 bits per heavy atom. The van der Waals surface area contributed by atoms with E-state index < -0.39 is 16.8 Å². The average Bonchev–Trinajstić information content (AvgIpc) is 2.78. The molecule has 0 radical (unpaired) electrons. The highest BCUT2D eigenvalue weighted by atomic mass is 16.6. The molecule has 1 rings (SSSR count). The van der Waals surface area contributed by atoms with Crippen LogP contribution in [0.4, 0.5) is 5.82 Å². The highest BCUT2D eigenvalue weighted by molar-refractivity contribution is 5.93. The van der Waals surface area contributed by atoms with Crippen LogP contribution in [0, 0.1) is 10.1 Å². The fourth-order valence-electron chi connectivity index (χ4n) is 1.10. The van der Waals surface area contributed by atoms with Crippen molar-refractivity contribution in [2.24, 2.45) is 0 Å². The van der Waals surface area contributed by atoms with E-state index in [1.54, 1.807) is 0 Å². The van der Waals surface area contributed by atoms with Gasteiger partial charge in [-0.15, -0.1) is 0 Å². The standard InChI is InChI=1S/C9H11N3O5/c1-17-8(13)4-5-10-9(14)6-2-3-7(11-6)12(15)16/h2-3,11H,4-5H2,1H3,(H,10,14). The van der Waals surface area contributed by atoms with Gasteiger partial charge in [0.2, 0.25) is 0 Å². The Balaban J connectivity index is 2.47. The first kappa shape index (κ1) is 12.7. The molecule has 8 nitrogen and oxygen atoms in total. The summed E-state index contributed by atoms with van der Waals surface area (Å²) >= 11 is 0. The van der Waals surface area contributed by atoms with Crippen molar-refractivity contribution in [3.8, 4) is 0 Å². The molecule has 0 saturated carbocycles. The molecule has 0 atom stereocenters. The Hall–Kier alpha value is -2.38. The second-order valence-corrected chi connectivity index (χ2v) is 3.10. The first-order valence-corrected chi connectivity index (χ1v) is 4.73. The minimum atomic E-state index is -0.634. The number of H-pyrrole nitrogens is 1. The number of esters is 1. The number of nitrogens with one attached hydrogen (secondary N) is 2. The summed E-state index contributed by atoms with van der Waals surface area (Å²) in [5.74, 6) is -1.21. The third-order valence-corrected chi connectivity index (χ3v) is 1.95. The summed E-state index contributed by atoms with van der Waals surface area (Å²) in [6.07, 6.45) is 0.0467. The molecular weight excluding hydrogens is 230 g/mol. The van der Waals surface area contributed by atoms with E-state index >= 15 is 0 Å². The lowest BCUT2D eigenvalue weighted by Gasteiger charge is -2.00. The fraction of sp³-hybridized carbons (Fsp3) is 0.333. The van der Waals surface area contributed by atoms with E-state index in [-0.39, 0.29) is 24.5 Å². The second-order valence-electron chi connectivity index (χ2n) is 3.10. The van der Waals surface area contributed by atoms with Crippen molar-refractivity contribution in [2.45, 2.75) is 6.42 Å². The molecular formula is C9H11N3O5. The Morgan fingerprint density at radius 2 is 2.24 bits per heavy atom. The molecule has 1 aromatic heterocycles. The fourth-order valence-corrected chi connectivity index (χ4v) is 1.10.